The summed E-state index contributed by atoms with van der Waals surface area (Å²) in [4.78, 5) is 9.01. The SMILES string of the molecule is CCNC(=NCc1ccc(OC)c(OCC)c1)NC1CCc2ncnn2C1. The van der Waals surface area contributed by atoms with Gasteiger partial charge in [0, 0.05) is 19.0 Å². The van der Waals surface area contributed by atoms with Crippen molar-refractivity contribution in [2.45, 2.75) is 45.8 Å². The first-order valence-corrected chi connectivity index (χ1v) is 9.44. The van der Waals surface area contributed by atoms with Crippen LogP contribution < -0.4 is 20.1 Å². The van der Waals surface area contributed by atoms with Crippen LogP contribution in [0.25, 0.3) is 0 Å². The van der Waals surface area contributed by atoms with Crippen LogP contribution in [0.4, 0.5) is 0 Å². The van der Waals surface area contributed by atoms with Gasteiger partial charge in [-0.15, -0.1) is 0 Å². The summed E-state index contributed by atoms with van der Waals surface area (Å²) in [6.07, 6.45) is 3.56. The number of guanidine groups is 1. The summed E-state index contributed by atoms with van der Waals surface area (Å²) >= 11 is 0. The highest BCUT2D eigenvalue weighted by Crippen LogP contribution is 2.28. The number of nitrogens with one attached hydrogen (secondary N) is 2. The van der Waals surface area contributed by atoms with Gasteiger partial charge >= 0.3 is 0 Å². The molecule has 0 aliphatic carbocycles. The predicted octanol–water partition coefficient (Wildman–Crippen LogP) is 1.76. The average Bonchev–Trinajstić information content (AvgIpc) is 3.14. The van der Waals surface area contributed by atoms with Crippen molar-refractivity contribution in [3.05, 3.63) is 35.9 Å². The molecule has 1 unspecified atom stereocenters. The van der Waals surface area contributed by atoms with Gasteiger partial charge in [-0.1, -0.05) is 6.07 Å². The van der Waals surface area contributed by atoms with E-state index in [-0.39, 0.29) is 6.04 Å². The third-order valence-electron chi connectivity index (χ3n) is 4.44. The molecule has 1 aromatic heterocycles. The molecule has 8 nitrogen and oxygen atoms in total. The van der Waals surface area contributed by atoms with Crippen molar-refractivity contribution in [1.82, 2.24) is 25.4 Å². The van der Waals surface area contributed by atoms with Crippen molar-refractivity contribution in [3.8, 4) is 11.5 Å². The van der Waals surface area contributed by atoms with E-state index in [1.165, 1.54) is 0 Å². The van der Waals surface area contributed by atoms with Crippen molar-refractivity contribution in [2.24, 2.45) is 4.99 Å². The summed E-state index contributed by atoms with van der Waals surface area (Å²) in [5, 5.41) is 11.1. The molecule has 0 radical (unpaired) electrons. The molecule has 0 amide bonds. The van der Waals surface area contributed by atoms with Gasteiger partial charge in [-0.25, -0.2) is 14.7 Å². The summed E-state index contributed by atoms with van der Waals surface area (Å²) in [5.41, 5.74) is 1.07. The lowest BCUT2D eigenvalue weighted by Gasteiger charge is -2.25. The van der Waals surface area contributed by atoms with Crippen LogP contribution in [0, 0.1) is 0 Å². The van der Waals surface area contributed by atoms with Crippen LogP contribution in [-0.4, -0.2) is 47.0 Å². The number of hydrogen-bond donors (Lipinski definition) is 2. The molecule has 1 aromatic carbocycles. The summed E-state index contributed by atoms with van der Waals surface area (Å²) in [5.74, 6) is 3.34. The Kier molecular flexibility index (Phi) is 6.51. The number of aromatic nitrogens is 3. The lowest BCUT2D eigenvalue weighted by atomic mass is 10.1. The minimum Gasteiger partial charge on any atom is -0.493 e. The van der Waals surface area contributed by atoms with E-state index in [0.29, 0.717) is 13.2 Å². The van der Waals surface area contributed by atoms with E-state index < -0.39 is 0 Å². The Labute approximate surface area is 160 Å². The van der Waals surface area contributed by atoms with Crippen LogP contribution in [0.2, 0.25) is 0 Å². The Morgan fingerprint density at radius 2 is 2.22 bits per heavy atom. The Balaban J connectivity index is 1.66. The van der Waals surface area contributed by atoms with Crippen LogP contribution in [-0.2, 0) is 19.5 Å². The van der Waals surface area contributed by atoms with Crippen molar-refractivity contribution >= 4 is 5.96 Å². The maximum Gasteiger partial charge on any atom is 0.191 e. The van der Waals surface area contributed by atoms with Gasteiger partial charge in [-0.3, -0.25) is 0 Å². The molecule has 2 heterocycles. The lowest BCUT2D eigenvalue weighted by molar-refractivity contribution is 0.310. The molecule has 2 aromatic rings. The zero-order chi connectivity index (χ0) is 19.1. The quantitative estimate of drug-likeness (QED) is 0.569. The fourth-order valence-corrected chi connectivity index (χ4v) is 3.13. The fourth-order valence-electron chi connectivity index (χ4n) is 3.13. The maximum absolute atomic E-state index is 5.65. The molecule has 27 heavy (non-hydrogen) atoms. The van der Waals surface area contributed by atoms with Gasteiger partial charge in [-0.05, 0) is 38.0 Å². The minimum absolute atomic E-state index is 0.284. The molecule has 0 saturated carbocycles. The predicted molar refractivity (Wildman–Crippen MR) is 104 cm³/mol. The molecule has 0 bridgehead atoms. The van der Waals surface area contributed by atoms with Gasteiger partial charge in [0.1, 0.15) is 12.2 Å². The fraction of sp³-hybridized carbons (Fsp3) is 0.526. The number of ether oxygens (including phenoxy) is 2. The molecular weight excluding hydrogens is 344 g/mol. The Morgan fingerprint density at radius 3 is 3.00 bits per heavy atom. The Hall–Kier alpha value is -2.77. The van der Waals surface area contributed by atoms with Gasteiger partial charge in [-0.2, -0.15) is 5.10 Å². The molecule has 1 aliphatic heterocycles. The van der Waals surface area contributed by atoms with Gasteiger partial charge in [0.15, 0.2) is 17.5 Å². The van der Waals surface area contributed by atoms with E-state index in [2.05, 4.69) is 27.6 Å². The Bertz CT molecular complexity index is 773. The first kappa shape index (κ1) is 19.0. The number of aliphatic imine (C=N–C) groups is 1. The molecule has 1 atom stereocenters. The van der Waals surface area contributed by atoms with Crippen LogP contribution in [0.15, 0.2) is 29.5 Å². The van der Waals surface area contributed by atoms with Gasteiger partial charge in [0.25, 0.3) is 0 Å². The van der Waals surface area contributed by atoms with Crippen molar-refractivity contribution in [1.29, 1.82) is 0 Å². The molecule has 2 N–H and O–H groups in total. The van der Waals surface area contributed by atoms with Crippen molar-refractivity contribution < 1.29 is 9.47 Å². The van der Waals surface area contributed by atoms with Crippen molar-refractivity contribution in [3.63, 3.8) is 0 Å². The molecule has 3 rings (SSSR count). The zero-order valence-corrected chi connectivity index (χ0v) is 16.2. The van der Waals surface area contributed by atoms with Crippen LogP contribution >= 0.6 is 0 Å². The summed E-state index contributed by atoms with van der Waals surface area (Å²) in [6.45, 7) is 6.78. The molecule has 0 spiro atoms. The van der Waals surface area contributed by atoms with Crippen LogP contribution in [0.5, 0.6) is 11.5 Å². The summed E-state index contributed by atoms with van der Waals surface area (Å²) in [6, 6.07) is 6.20. The monoisotopic (exact) mass is 372 g/mol. The highest BCUT2D eigenvalue weighted by Gasteiger charge is 2.20. The summed E-state index contributed by atoms with van der Waals surface area (Å²) < 4.78 is 13.0. The normalized spacial score (nSPS) is 16.6. The van der Waals surface area contributed by atoms with Crippen LogP contribution in [0.1, 0.15) is 31.7 Å². The van der Waals surface area contributed by atoms with E-state index in [1.54, 1.807) is 13.4 Å². The molecular formula is C19H28N6O2. The highest BCUT2D eigenvalue weighted by molar-refractivity contribution is 5.80. The second kappa shape index (κ2) is 9.25. The summed E-state index contributed by atoms with van der Waals surface area (Å²) in [7, 11) is 1.65. The number of nitrogens with zero attached hydrogens (tertiary/aromatic N) is 4. The Morgan fingerprint density at radius 1 is 1.33 bits per heavy atom. The van der Waals surface area contributed by atoms with E-state index in [9.17, 15) is 0 Å². The number of rotatable bonds is 7. The topological polar surface area (TPSA) is 85.6 Å². The smallest absolute Gasteiger partial charge is 0.191 e. The van der Waals surface area contributed by atoms with Crippen molar-refractivity contribution in [2.75, 3.05) is 20.3 Å². The number of fused-ring (bicyclic) bond motifs is 1. The average molecular weight is 372 g/mol. The molecule has 0 saturated heterocycles. The number of hydrogen-bond acceptors (Lipinski definition) is 5. The van der Waals surface area contributed by atoms with E-state index in [1.807, 2.05) is 29.8 Å². The third kappa shape index (κ3) is 4.90. The third-order valence-corrected chi connectivity index (χ3v) is 4.44. The maximum atomic E-state index is 5.65. The first-order chi connectivity index (χ1) is 13.2. The highest BCUT2D eigenvalue weighted by atomic mass is 16.5. The van der Waals surface area contributed by atoms with Gasteiger partial charge in [0.2, 0.25) is 0 Å². The second-order valence-corrected chi connectivity index (χ2v) is 6.35. The number of aryl methyl sites for hydroxylation is 1. The zero-order valence-electron chi connectivity index (χ0n) is 16.2. The molecule has 1 aliphatic rings. The minimum atomic E-state index is 0.284. The first-order valence-electron chi connectivity index (χ1n) is 9.44. The van der Waals surface area contributed by atoms with Gasteiger partial charge < -0.3 is 20.1 Å². The number of benzene rings is 1. The molecule has 0 fully saturated rings. The largest absolute Gasteiger partial charge is 0.493 e. The van der Waals surface area contributed by atoms with E-state index in [4.69, 9.17) is 14.5 Å². The second-order valence-electron chi connectivity index (χ2n) is 6.35. The molecule has 8 heteroatoms. The molecule has 146 valence electrons. The van der Waals surface area contributed by atoms with E-state index in [0.717, 1.165) is 54.8 Å². The lowest BCUT2D eigenvalue weighted by Crippen LogP contribution is -2.47. The standard InChI is InChI=1S/C19H28N6O2/c1-4-20-19(24-15-7-9-18-22-13-23-25(18)12-15)21-11-14-6-8-16(26-3)17(10-14)27-5-2/h6,8,10,13,15H,4-5,7,9,11-12H2,1-3H3,(H2,20,21,24). The van der Waals surface area contributed by atoms with Gasteiger partial charge in [0.05, 0.1) is 26.8 Å². The van der Waals surface area contributed by atoms with E-state index >= 15 is 0 Å². The van der Waals surface area contributed by atoms with Crippen LogP contribution in [0.3, 0.4) is 0 Å². The number of methoxy groups -OCH3 is 1.